The lowest BCUT2D eigenvalue weighted by Gasteiger charge is -2.30. The fourth-order valence-corrected chi connectivity index (χ4v) is 3.01. The minimum Gasteiger partial charge on any atom is -0.343 e. The molecule has 4 heteroatoms. The highest BCUT2D eigenvalue weighted by Crippen LogP contribution is 2.39. The second kappa shape index (κ2) is 6.04. The van der Waals surface area contributed by atoms with E-state index in [-0.39, 0.29) is 17.5 Å². The molecule has 0 N–H and O–H groups in total. The van der Waals surface area contributed by atoms with Crippen LogP contribution in [0.3, 0.4) is 0 Å². The Balaban J connectivity index is 2.24. The SMILES string of the molecule is C=C(Cl)c1ccc(CBr)c(CC2OC(C)(C)C(C)(C)O2)c1. The van der Waals surface area contributed by atoms with Crippen molar-refractivity contribution in [2.45, 2.75) is 56.9 Å². The third-order valence-electron chi connectivity index (χ3n) is 4.35. The molecule has 0 atom stereocenters. The smallest absolute Gasteiger partial charge is 0.163 e. The van der Waals surface area contributed by atoms with Gasteiger partial charge in [0.15, 0.2) is 6.29 Å². The Morgan fingerprint density at radius 2 is 1.76 bits per heavy atom. The molecule has 0 radical (unpaired) electrons. The lowest BCUT2D eigenvalue weighted by atomic mass is 9.90. The molecule has 0 saturated carbocycles. The summed E-state index contributed by atoms with van der Waals surface area (Å²) in [6, 6.07) is 6.12. The molecule has 21 heavy (non-hydrogen) atoms. The van der Waals surface area contributed by atoms with Gasteiger partial charge >= 0.3 is 0 Å². The number of benzene rings is 1. The Kier molecular flexibility index (Phi) is 4.89. The van der Waals surface area contributed by atoms with Crippen molar-refractivity contribution >= 4 is 32.6 Å². The van der Waals surface area contributed by atoms with E-state index in [1.54, 1.807) is 0 Å². The van der Waals surface area contributed by atoms with E-state index in [0.717, 1.165) is 10.9 Å². The molecule has 0 aliphatic carbocycles. The second-order valence-electron chi connectivity index (χ2n) is 6.41. The normalized spacial score (nSPS) is 20.7. The topological polar surface area (TPSA) is 18.5 Å². The van der Waals surface area contributed by atoms with Crippen LogP contribution in [0.5, 0.6) is 0 Å². The van der Waals surface area contributed by atoms with Crippen LogP contribution in [0, 0.1) is 0 Å². The predicted octanol–water partition coefficient (Wildman–Crippen LogP) is 5.26. The quantitative estimate of drug-likeness (QED) is 0.670. The number of halogens is 2. The Morgan fingerprint density at radius 1 is 1.19 bits per heavy atom. The van der Waals surface area contributed by atoms with Gasteiger partial charge in [0.2, 0.25) is 0 Å². The summed E-state index contributed by atoms with van der Waals surface area (Å²) in [5.41, 5.74) is 2.71. The van der Waals surface area contributed by atoms with Crippen molar-refractivity contribution in [2.24, 2.45) is 0 Å². The molecule has 0 aromatic heterocycles. The highest BCUT2D eigenvalue weighted by molar-refractivity contribution is 9.08. The first-order valence-electron chi connectivity index (χ1n) is 7.04. The molecule has 1 fully saturated rings. The van der Waals surface area contributed by atoms with E-state index >= 15 is 0 Å². The number of hydrogen-bond donors (Lipinski definition) is 0. The fraction of sp³-hybridized carbons (Fsp3) is 0.529. The Bertz CT molecular complexity index is 536. The third-order valence-corrected chi connectivity index (χ3v) is 5.17. The molecule has 2 rings (SSSR count). The third kappa shape index (κ3) is 3.53. The number of ether oxygens (including phenoxy) is 2. The average Bonchev–Trinajstić information content (AvgIpc) is 2.57. The van der Waals surface area contributed by atoms with Crippen LogP contribution in [0.15, 0.2) is 24.8 Å². The highest BCUT2D eigenvalue weighted by Gasteiger charge is 2.48. The molecule has 1 aliphatic rings. The Hall–Kier alpha value is -0.350. The summed E-state index contributed by atoms with van der Waals surface area (Å²) in [4.78, 5) is 0. The molecular weight excluding hydrogens is 352 g/mol. The molecular formula is C17H22BrClO2. The van der Waals surface area contributed by atoms with Gasteiger partial charge in [-0.05, 0) is 50.5 Å². The van der Waals surface area contributed by atoms with E-state index in [1.165, 1.54) is 11.1 Å². The van der Waals surface area contributed by atoms with Gasteiger partial charge in [0, 0.05) is 16.8 Å². The van der Waals surface area contributed by atoms with E-state index in [9.17, 15) is 0 Å². The van der Waals surface area contributed by atoms with Crippen molar-refractivity contribution in [1.29, 1.82) is 0 Å². The van der Waals surface area contributed by atoms with E-state index in [1.807, 2.05) is 6.07 Å². The first-order valence-corrected chi connectivity index (χ1v) is 8.54. The van der Waals surface area contributed by atoms with Crippen molar-refractivity contribution in [1.82, 2.24) is 0 Å². The van der Waals surface area contributed by atoms with Crippen LogP contribution in [0.1, 0.15) is 44.4 Å². The fourth-order valence-electron chi connectivity index (χ4n) is 2.34. The summed E-state index contributed by atoms with van der Waals surface area (Å²) < 4.78 is 12.1. The monoisotopic (exact) mass is 372 g/mol. The average molecular weight is 374 g/mol. The van der Waals surface area contributed by atoms with Gasteiger partial charge < -0.3 is 9.47 Å². The van der Waals surface area contributed by atoms with Crippen LogP contribution >= 0.6 is 27.5 Å². The second-order valence-corrected chi connectivity index (χ2v) is 7.43. The molecule has 0 amide bonds. The molecule has 1 saturated heterocycles. The van der Waals surface area contributed by atoms with Crippen LogP contribution in [0.4, 0.5) is 0 Å². The highest BCUT2D eigenvalue weighted by atomic mass is 79.9. The van der Waals surface area contributed by atoms with Crippen LogP contribution in [-0.2, 0) is 21.2 Å². The van der Waals surface area contributed by atoms with Gasteiger partial charge in [-0.25, -0.2) is 0 Å². The summed E-state index contributed by atoms with van der Waals surface area (Å²) in [6.07, 6.45) is 0.456. The number of alkyl halides is 1. The van der Waals surface area contributed by atoms with Gasteiger partial charge in [0.25, 0.3) is 0 Å². The first-order chi connectivity index (χ1) is 9.66. The summed E-state index contributed by atoms with van der Waals surface area (Å²) in [5, 5.41) is 1.34. The molecule has 1 aromatic carbocycles. The first kappa shape index (κ1) is 17.0. The van der Waals surface area contributed by atoms with E-state index in [2.05, 4.69) is 62.3 Å². The summed E-state index contributed by atoms with van der Waals surface area (Å²) in [7, 11) is 0. The molecule has 1 aromatic rings. The zero-order valence-corrected chi connectivity index (χ0v) is 15.3. The lowest BCUT2D eigenvalue weighted by molar-refractivity contribution is -0.0846. The molecule has 0 unspecified atom stereocenters. The van der Waals surface area contributed by atoms with Crippen molar-refractivity contribution in [3.8, 4) is 0 Å². The largest absolute Gasteiger partial charge is 0.343 e. The molecule has 116 valence electrons. The van der Waals surface area contributed by atoms with Gasteiger partial charge in [-0.2, -0.15) is 0 Å². The molecule has 0 bridgehead atoms. The number of rotatable bonds is 4. The van der Waals surface area contributed by atoms with Gasteiger partial charge in [-0.3, -0.25) is 0 Å². The Morgan fingerprint density at radius 3 is 2.24 bits per heavy atom. The van der Waals surface area contributed by atoms with Gasteiger partial charge in [0.05, 0.1) is 11.2 Å². The van der Waals surface area contributed by atoms with Gasteiger partial charge in [-0.1, -0.05) is 46.2 Å². The van der Waals surface area contributed by atoms with Crippen molar-refractivity contribution in [3.63, 3.8) is 0 Å². The zero-order valence-electron chi connectivity index (χ0n) is 13.0. The minimum absolute atomic E-state index is 0.244. The maximum absolute atomic E-state index is 6.07. The van der Waals surface area contributed by atoms with Crippen molar-refractivity contribution < 1.29 is 9.47 Å². The molecule has 1 heterocycles. The van der Waals surface area contributed by atoms with Crippen LogP contribution < -0.4 is 0 Å². The minimum atomic E-state index is -0.306. The summed E-state index contributed by atoms with van der Waals surface area (Å²) in [6.45, 7) is 12.1. The summed E-state index contributed by atoms with van der Waals surface area (Å²) >= 11 is 9.54. The van der Waals surface area contributed by atoms with Crippen molar-refractivity contribution in [2.75, 3.05) is 0 Å². The Labute approximate surface area is 140 Å². The maximum atomic E-state index is 6.07. The molecule has 1 aliphatic heterocycles. The van der Waals surface area contributed by atoms with Crippen LogP contribution in [0.25, 0.3) is 5.03 Å². The van der Waals surface area contributed by atoms with Crippen molar-refractivity contribution in [3.05, 3.63) is 41.5 Å². The van der Waals surface area contributed by atoms with E-state index in [4.69, 9.17) is 21.1 Å². The molecule has 2 nitrogen and oxygen atoms in total. The van der Waals surface area contributed by atoms with E-state index in [0.29, 0.717) is 11.5 Å². The maximum Gasteiger partial charge on any atom is 0.163 e. The lowest BCUT2D eigenvalue weighted by Crippen LogP contribution is -2.41. The van der Waals surface area contributed by atoms with E-state index < -0.39 is 0 Å². The van der Waals surface area contributed by atoms with Gasteiger partial charge in [0.1, 0.15) is 0 Å². The standard InChI is InChI=1S/C17H22BrClO2/c1-11(19)12-6-7-13(10-18)14(8-12)9-15-20-16(2,3)17(4,5)21-15/h6-8,15H,1,9-10H2,2-5H3. The number of hydrogen-bond acceptors (Lipinski definition) is 2. The van der Waals surface area contributed by atoms with Crippen LogP contribution in [-0.4, -0.2) is 17.5 Å². The summed E-state index contributed by atoms with van der Waals surface area (Å²) in [5.74, 6) is 0. The molecule has 0 spiro atoms. The predicted molar refractivity (Wildman–Crippen MR) is 91.8 cm³/mol. The zero-order chi connectivity index (χ0) is 15.8. The van der Waals surface area contributed by atoms with Gasteiger partial charge in [-0.15, -0.1) is 0 Å². The van der Waals surface area contributed by atoms with Crippen LogP contribution in [0.2, 0.25) is 0 Å².